The number of benzene rings is 1. The first-order chi connectivity index (χ1) is 13.2. The van der Waals surface area contributed by atoms with E-state index < -0.39 is 5.82 Å². The Kier molecular flexibility index (Phi) is 5.49. The molecule has 8 heteroatoms. The van der Waals surface area contributed by atoms with Gasteiger partial charge in [0.15, 0.2) is 5.82 Å². The number of carbonyl (C=O) groups is 1. The van der Waals surface area contributed by atoms with E-state index in [4.69, 9.17) is 4.74 Å². The zero-order valence-electron chi connectivity index (χ0n) is 16.9. The van der Waals surface area contributed by atoms with E-state index in [1.165, 1.54) is 24.5 Å². The Hall–Kier alpha value is -2.77. The Morgan fingerprint density at radius 3 is 2.68 bits per heavy atom. The lowest BCUT2D eigenvalue weighted by atomic mass is 9.84. The van der Waals surface area contributed by atoms with Crippen LogP contribution < -0.4 is 9.64 Å². The standard InChI is InChI=1S/C20H26FN5O2/c1-6-26(13(2)3)19(27)15-9-14(21)7-8-16(15)28-18-17(22-12-23-24-18)25-10-20(4,5)11-25/h7-9,12-13H,6,10-11H2,1-5H3. The van der Waals surface area contributed by atoms with E-state index in [1.54, 1.807) is 4.90 Å². The summed E-state index contributed by atoms with van der Waals surface area (Å²) in [4.78, 5) is 21.0. The highest BCUT2D eigenvalue weighted by atomic mass is 19.1. The van der Waals surface area contributed by atoms with E-state index in [1.807, 2.05) is 25.7 Å². The highest BCUT2D eigenvalue weighted by Crippen LogP contribution is 2.38. The third-order valence-corrected chi connectivity index (χ3v) is 4.71. The van der Waals surface area contributed by atoms with Crippen LogP contribution >= 0.6 is 0 Å². The van der Waals surface area contributed by atoms with Crippen LogP contribution in [0.5, 0.6) is 11.6 Å². The van der Waals surface area contributed by atoms with E-state index in [9.17, 15) is 9.18 Å². The smallest absolute Gasteiger partial charge is 0.282 e. The molecule has 1 saturated heterocycles. The van der Waals surface area contributed by atoms with E-state index in [2.05, 4.69) is 29.0 Å². The predicted molar refractivity (Wildman–Crippen MR) is 104 cm³/mol. The van der Waals surface area contributed by atoms with E-state index in [0.717, 1.165) is 13.1 Å². The molecule has 0 bridgehead atoms. The van der Waals surface area contributed by atoms with Gasteiger partial charge in [0.2, 0.25) is 0 Å². The van der Waals surface area contributed by atoms with Crippen LogP contribution in [-0.4, -0.2) is 51.7 Å². The van der Waals surface area contributed by atoms with Crippen molar-refractivity contribution < 1.29 is 13.9 Å². The van der Waals surface area contributed by atoms with Gasteiger partial charge in [-0.1, -0.05) is 13.8 Å². The number of hydrogen-bond acceptors (Lipinski definition) is 6. The number of ether oxygens (including phenoxy) is 1. The topological polar surface area (TPSA) is 71.5 Å². The minimum atomic E-state index is -0.502. The lowest BCUT2D eigenvalue weighted by Gasteiger charge is -2.46. The minimum absolute atomic E-state index is 0.0225. The van der Waals surface area contributed by atoms with Crippen molar-refractivity contribution in [3.63, 3.8) is 0 Å². The lowest BCUT2D eigenvalue weighted by Crippen LogP contribution is -2.53. The molecule has 1 aliphatic rings. The van der Waals surface area contributed by atoms with Gasteiger partial charge in [-0.15, -0.1) is 10.2 Å². The van der Waals surface area contributed by atoms with Gasteiger partial charge in [-0.25, -0.2) is 9.37 Å². The van der Waals surface area contributed by atoms with E-state index in [-0.39, 0.29) is 34.6 Å². The van der Waals surface area contributed by atoms with Crippen LogP contribution in [0.25, 0.3) is 0 Å². The average Bonchev–Trinajstić information content (AvgIpc) is 2.61. The predicted octanol–water partition coefficient (Wildman–Crippen LogP) is 3.52. The normalized spacial score (nSPS) is 15.3. The fourth-order valence-corrected chi connectivity index (χ4v) is 3.44. The fourth-order valence-electron chi connectivity index (χ4n) is 3.44. The fraction of sp³-hybridized carbons (Fsp3) is 0.500. The molecule has 0 saturated carbocycles. The van der Waals surface area contributed by atoms with Gasteiger partial charge in [0.1, 0.15) is 17.9 Å². The minimum Gasteiger partial charge on any atom is -0.434 e. The molecule has 7 nitrogen and oxygen atoms in total. The molecule has 1 fully saturated rings. The molecule has 2 heterocycles. The monoisotopic (exact) mass is 387 g/mol. The van der Waals surface area contributed by atoms with Gasteiger partial charge >= 0.3 is 0 Å². The van der Waals surface area contributed by atoms with Crippen molar-refractivity contribution in [1.29, 1.82) is 0 Å². The molecule has 0 spiro atoms. The Morgan fingerprint density at radius 1 is 1.36 bits per heavy atom. The summed E-state index contributed by atoms with van der Waals surface area (Å²) in [5.41, 5.74) is 0.342. The number of carbonyl (C=O) groups excluding carboxylic acids is 1. The lowest BCUT2D eigenvalue weighted by molar-refractivity contribution is 0.0713. The molecule has 2 aromatic rings. The third-order valence-electron chi connectivity index (χ3n) is 4.71. The van der Waals surface area contributed by atoms with E-state index in [0.29, 0.717) is 12.4 Å². The number of rotatable bonds is 6. The quantitative estimate of drug-likeness (QED) is 0.755. The molecule has 0 atom stereocenters. The van der Waals surface area contributed by atoms with Crippen LogP contribution in [0.3, 0.4) is 0 Å². The van der Waals surface area contributed by atoms with E-state index >= 15 is 0 Å². The molecular formula is C20H26FN5O2. The van der Waals surface area contributed by atoms with Crippen molar-refractivity contribution in [2.75, 3.05) is 24.5 Å². The summed E-state index contributed by atoms with van der Waals surface area (Å²) in [7, 11) is 0. The Balaban J connectivity index is 1.93. The number of nitrogens with zero attached hydrogens (tertiary/aromatic N) is 5. The molecule has 28 heavy (non-hydrogen) atoms. The second-order valence-corrected chi connectivity index (χ2v) is 8.04. The van der Waals surface area contributed by atoms with Gasteiger partial charge in [-0.05, 0) is 44.4 Å². The van der Waals surface area contributed by atoms with Gasteiger partial charge in [0.05, 0.1) is 5.56 Å². The largest absolute Gasteiger partial charge is 0.434 e. The summed E-state index contributed by atoms with van der Waals surface area (Å²) >= 11 is 0. The maximum absolute atomic E-state index is 13.9. The van der Waals surface area contributed by atoms with Crippen molar-refractivity contribution in [1.82, 2.24) is 20.1 Å². The summed E-state index contributed by atoms with van der Waals surface area (Å²) < 4.78 is 19.8. The number of anilines is 1. The molecule has 1 aromatic heterocycles. The average molecular weight is 387 g/mol. The summed E-state index contributed by atoms with van der Waals surface area (Å²) in [6.45, 7) is 12.2. The van der Waals surface area contributed by atoms with Crippen LogP contribution in [0.15, 0.2) is 24.5 Å². The van der Waals surface area contributed by atoms with Gasteiger partial charge in [0.25, 0.3) is 11.8 Å². The van der Waals surface area contributed by atoms with Gasteiger partial charge in [-0.3, -0.25) is 4.79 Å². The van der Waals surface area contributed by atoms with Crippen LogP contribution in [0.2, 0.25) is 0 Å². The van der Waals surface area contributed by atoms with Crippen LogP contribution in [0, 0.1) is 11.2 Å². The maximum Gasteiger partial charge on any atom is 0.282 e. The molecule has 1 aromatic carbocycles. The molecule has 1 amide bonds. The summed E-state index contributed by atoms with van der Waals surface area (Å²) in [5, 5.41) is 7.86. The zero-order valence-corrected chi connectivity index (χ0v) is 16.9. The Labute approximate surface area is 164 Å². The molecule has 0 N–H and O–H groups in total. The first-order valence-electron chi connectivity index (χ1n) is 9.43. The first-order valence-corrected chi connectivity index (χ1v) is 9.43. The van der Waals surface area contributed by atoms with Crippen LogP contribution in [0.1, 0.15) is 45.0 Å². The van der Waals surface area contributed by atoms with Gasteiger partial charge in [0, 0.05) is 25.7 Å². The maximum atomic E-state index is 13.9. The molecule has 0 unspecified atom stereocenters. The second kappa shape index (κ2) is 7.69. The third kappa shape index (κ3) is 4.05. The second-order valence-electron chi connectivity index (χ2n) is 8.04. The Bertz CT molecular complexity index is 863. The first kappa shape index (κ1) is 20.0. The number of amides is 1. The van der Waals surface area contributed by atoms with Crippen molar-refractivity contribution >= 4 is 11.7 Å². The summed E-state index contributed by atoms with van der Waals surface area (Å²) in [6.07, 6.45) is 1.36. The van der Waals surface area contributed by atoms with Gasteiger partial charge in [-0.2, -0.15) is 0 Å². The highest BCUT2D eigenvalue weighted by Gasteiger charge is 2.37. The van der Waals surface area contributed by atoms with Crippen molar-refractivity contribution in [2.24, 2.45) is 5.41 Å². The summed E-state index contributed by atoms with van der Waals surface area (Å²) in [5.74, 6) is 0.196. The summed E-state index contributed by atoms with van der Waals surface area (Å²) in [6, 6.07) is 3.87. The number of aromatic nitrogens is 3. The molecule has 0 aliphatic carbocycles. The van der Waals surface area contributed by atoms with Crippen molar-refractivity contribution in [3.8, 4) is 11.6 Å². The Morgan fingerprint density at radius 2 is 2.07 bits per heavy atom. The SMILES string of the molecule is CCN(C(=O)c1cc(F)ccc1Oc1nncnc1N1CC(C)(C)C1)C(C)C. The van der Waals surface area contributed by atoms with Crippen LogP contribution in [-0.2, 0) is 0 Å². The van der Waals surface area contributed by atoms with Crippen LogP contribution in [0.4, 0.5) is 10.2 Å². The highest BCUT2D eigenvalue weighted by molar-refractivity contribution is 5.97. The molecular weight excluding hydrogens is 361 g/mol. The molecule has 3 rings (SSSR count). The molecule has 0 radical (unpaired) electrons. The van der Waals surface area contributed by atoms with Crippen molar-refractivity contribution in [3.05, 3.63) is 35.9 Å². The number of halogens is 1. The number of hydrogen-bond donors (Lipinski definition) is 0. The zero-order chi connectivity index (χ0) is 20.5. The van der Waals surface area contributed by atoms with Crippen molar-refractivity contribution in [2.45, 2.75) is 40.7 Å². The molecule has 150 valence electrons. The molecule has 1 aliphatic heterocycles. The van der Waals surface area contributed by atoms with Gasteiger partial charge < -0.3 is 14.5 Å².